The summed E-state index contributed by atoms with van der Waals surface area (Å²) in [5, 5.41) is 0. The van der Waals surface area contributed by atoms with Gasteiger partial charge in [-0.2, -0.15) is 0 Å². The summed E-state index contributed by atoms with van der Waals surface area (Å²) in [5.41, 5.74) is 1.09. The van der Waals surface area contributed by atoms with Crippen LogP contribution in [0.5, 0.6) is 0 Å². The van der Waals surface area contributed by atoms with Crippen LogP contribution in [0.25, 0.3) is 0 Å². The summed E-state index contributed by atoms with van der Waals surface area (Å²) in [4.78, 5) is 13.3. The molecule has 0 aromatic heterocycles. The van der Waals surface area contributed by atoms with E-state index in [4.69, 9.17) is 0 Å². The van der Waals surface area contributed by atoms with Crippen molar-refractivity contribution in [2.75, 3.05) is 6.54 Å². The van der Waals surface area contributed by atoms with E-state index < -0.39 is 0 Å². The van der Waals surface area contributed by atoms with Crippen molar-refractivity contribution in [3.63, 3.8) is 0 Å². The van der Waals surface area contributed by atoms with Crippen LogP contribution >= 0.6 is 0 Å². The van der Waals surface area contributed by atoms with Crippen molar-refractivity contribution in [1.82, 2.24) is 4.90 Å². The summed E-state index contributed by atoms with van der Waals surface area (Å²) in [5.74, 6) is 5.00. The first-order chi connectivity index (χ1) is 7.77. The lowest BCUT2D eigenvalue weighted by molar-refractivity contribution is -0.125. The van der Waals surface area contributed by atoms with Crippen molar-refractivity contribution in [2.24, 2.45) is 0 Å². The molecule has 0 fully saturated rings. The Labute approximate surface area is 96.6 Å². The minimum absolute atomic E-state index is 0.161. The molecule has 16 heavy (non-hydrogen) atoms. The maximum atomic E-state index is 11.6. The quantitative estimate of drug-likeness (QED) is 0.555. The second-order valence-corrected chi connectivity index (χ2v) is 3.33. The highest BCUT2D eigenvalue weighted by atomic mass is 16.2. The first-order valence-electron chi connectivity index (χ1n) is 5.14. The molecule has 1 amide bonds. The molecule has 1 aromatic rings. The van der Waals surface area contributed by atoms with Gasteiger partial charge in [-0.3, -0.25) is 4.79 Å². The number of nitrogens with zero attached hydrogens (tertiary/aromatic N) is 1. The molecule has 0 unspecified atom stereocenters. The first kappa shape index (κ1) is 12.1. The Morgan fingerprint density at radius 1 is 1.44 bits per heavy atom. The minimum Gasteiger partial charge on any atom is -0.324 e. The van der Waals surface area contributed by atoms with Gasteiger partial charge in [0.1, 0.15) is 0 Å². The molecule has 1 aromatic carbocycles. The van der Waals surface area contributed by atoms with E-state index in [0.717, 1.165) is 5.56 Å². The molecule has 0 aliphatic rings. The van der Waals surface area contributed by atoms with Gasteiger partial charge in [0, 0.05) is 13.1 Å². The third-order valence-corrected chi connectivity index (χ3v) is 2.08. The third-order valence-electron chi connectivity index (χ3n) is 2.08. The second kappa shape index (κ2) is 6.47. The number of carbonyl (C=O) groups is 1. The monoisotopic (exact) mass is 213 g/mol. The summed E-state index contributed by atoms with van der Waals surface area (Å²) in [6, 6.07) is 9.84. The van der Waals surface area contributed by atoms with E-state index in [1.54, 1.807) is 17.9 Å². The smallest absolute Gasteiger partial charge is 0.299 e. The third kappa shape index (κ3) is 3.62. The average Bonchev–Trinajstić information content (AvgIpc) is 2.30. The van der Waals surface area contributed by atoms with E-state index in [0.29, 0.717) is 13.1 Å². The Balaban J connectivity index is 2.74. The maximum absolute atomic E-state index is 11.6. The molecule has 0 atom stereocenters. The summed E-state index contributed by atoms with van der Waals surface area (Å²) in [7, 11) is 0. The van der Waals surface area contributed by atoms with E-state index in [9.17, 15) is 4.79 Å². The molecular formula is C14H15NO. The molecule has 0 aliphatic carbocycles. The molecule has 2 nitrogen and oxygen atoms in total. The van der Waals surface area contributed by atoms with E-state index in [2.05, 4.69) is 18.4 Å². The summed E-state index contributed by atoms with van der Waals surface area (Å²) < 4.78 is 0. The van der Waals surface area contributed by atoms with E-state index in [1.165, 1.54) is 0 Å². The highest BCUT2D eigenvalue weighted by molar-refractivity contribution is 5.93. The Morgan fingerprint density at radius 2 is 2.12 bits per heavy atom. The van der Waals surface area contributed by atoms with Gasteiger partial charge in [-0.25, -0.2) is 0 Å². The van der Waals surface area contributed by atoms with Crippen molar-refractivity contribution in [3.05, 3.63) is 48.6 Å². The molecule has 1 rings (SSSR count). The molecule has 0 N–H and O–H groups in total. The second-order valence-electron chi connectivity index (χ2n) is 3.33. The van der Waals surface area contributed by atoms with Crippen LogP contribution in [-0.2, 0) is 11.3 Å². The van der Waals surface area contributed by atoms with Gasteiger partial charge >= 0.3 is 0 Å². The Morgan fingerprint density at radius 3 is 2.69 bits per heavy atom. The van der Waals surface area contributed by atoms with Gasteiger partial charge in [-0.05, 0) is 18.4 Å². The number of benzene rings is 1. The zero-order valence-electron chi connectivity index (χ0n) is 9.44. The van der Waals surface area contributed by atoms with Crippen molar-refractivity contribution >= 4 is 5.91 Å². The summed E-state index contributed by atoms with van der Waals surface area (Å²) >= 11 is 0. The standard InChI is InChI=1S/C14H15NO/c1-3-8-14(16)15(11-4-2)12-13-9-6-5-7-10-13/h4-7,9-10H,2,11-12H2,1H3. The molecule has 0 saturated carbocycles. The van der Waals surface area contributed by atoms with Crippen LogP contribution in [0.3, 0.4) is 0 Å². The predicted octanol–water partition coefficient (Wildman–Crippen LogP) is 2.22. The topological polar surface area (TPSA) is 20.3 Å². The first-order valence-corrected chi connectivity index (χ1v) is 5.14. The SMILES string of the molecule is C=CCN(Cc1ccccc1)C(=O)C#CC. The predicted molar refractivity (Wildman–Crippen MR) is 65.5 cm³/mol. The molecule has 2 heteroatoms. The average molecular weight is 213 g/mol. The van der Waals surface area contributed by atoms with Crippen LogP contribution in [-0.4, -0.2) is 17.4 Å². The van der Waals surface area contributed by atoms with E-state index in [-0.39, 0.29) is 5.91 Å². The normalized spacial score (nSPS) is 8.81. The van der Waals surface area contributed by atoms with E-state index in [1.807, 2.05) is 30.3 Å². The van der Waals surface area contributed by atoms with Crippen molar-refractivity contribution < 1.29 is 4.79 Å². The van der Waals surface area contributed by atoms with Crippen LogP contribution in [0.2, 0.25) is 0 Å². The lowest BCUT2D eigenvalue weighted by Gasteiger charge is -2.18. The minimum atomic E-state index is -0.161. The molecule has 0 radical (unpaired) electrons. The van der Waals surface area contributed by atoms with Gasteiger partial charge < -0.3 is 4.90 Å². The van der Waals surface area contributed by atoms with Crippen LogP contribution in [0.15, 0.2) is 43.0 Å². The Hall–Kier alpha value is -2.01. The number of carbonyl (C=O) groups excluding carboxylic acids is 1. The van der Waals surface area contributed by atoms with Crippen molar-refractivity contribution in [1.29, 1.82) is 0 Å². The number of rotatable bonds is 4. The van der Waals surface area contributed by atoms with Crippen LogP contribution < -0.4 is 0 Å². The van der Waals surface area contributed by atoms with Gasteiger partial charge in [-0.15, -0.1) is 6.58 Å². The highest BCUT2D eigenvalue weighted by Gasteiger charge is 2.09. The molecule has 0 aliphatic heterocycles. The largest absolute Gasteiger partial charge is 0.324 e. The Kier molecular flexibility index (Phi) is 4.88. The molecule has 0 spiro atoms. The van der Waals surface area contributed by atoms with Crippen molar-refractivity contribution in [2.45, 2.75) is 13.5 Å². The summed E-state index contributed by atoms with van der Waals surface area (Å²) in [6.45, 7) is 6.39. The molecule has 0 bridgehead atoms. The fraction of sp³-hybridized carbons (Fsp3) is 0.214. The van der Waals surface area contributed by atoms with Gasteiger partial charge in [0.25, 0.3) is 5.91 Å². The molecule has 82 valence electrons. The van der Waals surface area contributed by atoms with Crippen LogP contribution in [0.1, 0.15) is 12.5 Å². The van der Waals surface area contributed by atoms with Gasteiger partial charge in [0.15, 0.2) is 0 Å². The van der Waals surface area contributed by atoms with Gasteiger partial charge in [-0.1, -0.05) is 42.3 Å². The van der Waals surface area contributed by atoms with Crippen LogP contribution in [0, 0.1) is 11.8 Å². The number of hydrogen-bond acceptors (Lipinski definition) is 1. The van der Waals surface area contributed by atoms with Crippen LogP contribution in [0.4, 0.5) is 0 Å². The molecular weight excluding hydrogens is 198 g/mol. The van der Waals surface area contributed by atoms with Gasteiger partial charge in [0.05, 0.1) is 0 Å². The zero-order chi connectivity index (χ0) is 11.8. The lowest BCUT2D eigenvalue weighted by atomic mass is 10.2. The zero-order valence-corrected chi connectivity index (χ0v) is 9.44. The number of amides is 1. The Bertz CT molecular complexity index is 411. The van der Waals surface area contributed by atoms with Crippen molar-refractivity contribution in [3.8, 4) is 11.8 Å². The summed E-state index contributed by atoms with van der Waals surface area (Å²) in [6.07, 6.45) is 1.71. The highest BCUT2D eigenvalue weighted by Crippen LogP contribution is 2.04. The molecule has 0 heterocycles. The fourth-order valence-corrected chi connectivity index (χ4v) is 1.36. The fourth-order valence-electron chi connectivity index (χ4n) is 1.36. The molecule has 0 saturated heterocycles. The number of hydrogen-bond donors (Lipinski definition) is 0. The maximum Gasteiger partial charge on any atom is 0.299 e. The lowest BCUT2D eigenvalue weighted by Crippen LogP contribution is -2.29. The van der Waals surface area contributed by atoms with E-state index >= 15 is 0 Å². The van der Waals surface area contributed by atoms with Gasteiger partial charge in [0.2, 0.25) is 0 Å².